The summed E-state index contributed by atoms with van der Waals surface area (Å²) in [6.07, 6.45) is 0.461. The number of nitrogens with one attached hydrogen (secondary N) is 2. The number of carbonyl (C=O) groups excluding carboxylic acids is 3. The van der Waals surface area contributed by atoms with Gasteiger partial charge in [0, 0.05) is 30.5 Å². The van der Waals surface area contributed by atoms with Crippen LogP contribution in [-0.2, 0) is 28.2 Å². The zero-order valence-electron chi connectivity index (χ0n) is 23.7. The third-order valence-electron chi connectivity index (χ3n) is 7.67. The van der Waals surface area contributed by atoms with Gasteiger partial charge < -0.3 is 34.6 Å². The first kappa shape index (κ1) is 34.9. The molecule has 0 heterocycles. The highest BCUT2D eigenvalue weighted by Gasteiger charge is 2.57. The highest BCUT2D eigenvalue weighted by atomic mass is 35.5. The third-order valence-corrected chi connectivity index (χ3v) is 8.80. The van der Waals surface area contributed by atoms with Gasteiger partial charge in [0.25, 0.3) is 11.8 Å². The Labute approximate surface area is 266 Å². The molecule has 2 aromatic carbocycles. The van der Waals surface area contributed by atoms with Crippen LogP contribution in [-0.4, -0.2) is 64.6 Å². The van der Waals surface area contributed by atoms with Gasteiger partial charge >= 0.3 is 13.8 Å². The molecule has 246 valence electrons. The van der Waals surface area contributed by atoms with E-state index >= 15 is 0 Å². The second-order valence-corrected chi connectivity index (χ2v) is 12.9. The molecule has 2 aromatic rings. The maximum absolute atomic E-state index is 13.8. The number of ether oxygens (including phenoxy) is 3. The number of carbonyl (C=O) groups is 3. The van der Waals surface area contributed by atoms with Crippen molar-refractivity contribution in [2.45, 2.75) is 62.1 Å². The predicted molar refractivity (Wildman–Crippen MR) is 156 cm³/mol. The summed E-state index contributed by atoms with van der Waals surface area (Å²) in [6.45, 7) is -1.27. The summed E-state index contributed by atoms with van der Waals surface area (Å²) >= 11 is 11.4. The van der Waals surface area contributed by atoms with Crippen molar-refractivity contribution in [1.29, 1.82) is 0 Å². The molecular weight excluding hydrogens is 664 g/mol. The van der Waals surface area contributed by atoms with Gasteiger partial charge in [-0.25, -0.2) is 13.3 Å². The van der Waals surface area contributed by atoms with Crippen LogP contribution in [0.15, 0.2) is 36.4 Å². The fourth-order valence-corrected chi connectivity index (χ4v) is 6.08. The normalized spacial score (nSPS) is 22.4. The molecule has 1 unspecified atom stereocenters. The number of benzene rings is 2. The fraction of sp³-hybridized carbons (Fsp3) is 0.464. The van der Waals surface area contributed by atoms with Crippen LogP contribution < -0.4 is 20.1 Å². The maximum atomic E-state index is 13.8. The van der Waals surface area contributed by atoms with E-state index in [0.29, 0.717) is 25.7 Å². The quantitative estimate of drug-likeness (QED) is 0.128. The molecule has 2 amide bonds. The molecule has 2 bridgehead atoms. The van der Waals surface area contributed by atoms with Gasteiger partial charge in [-0.05, 0) is 56.4 Å². The number of rotatable bonds is 14. The van der Waals surface area contributed by atoms with Crippen LogP contribution in [0.5, 0.6) is 11.5 Å². The molecule has 3 saturated carbocycles. The summed E-state index contributed by atoms with van der Waals surface area (Å²) < 4.78 is 59.3. The summed E-state index contributed by atoms with van der Waals surface area (Å²) in [7, 11) is -4.70. The molecule has 3 aliphatic carbocycles. The second-order valence-electron chi connectivity index (χ2n) is 10.9. The highest BCUT2D eigenvalue weighted by Crippen LogP contribution is 2.48. The van der Waals surface area contributed by atoms with Crippen molar-refractivity contribution in [2.24, 2.45) is 0 Å². The number of hydrogen-bond donors (Lipinski definition) is 4. The fourth-order valence-electron chi connectivity index (χ4n) is 5.48. The van der Waals surface area contributed by atoms with Gasteiger partial charge in [-0.1, -0.05) is 23.2 Å². The van der Waals surface area contributed by atoms with Crippen molar-refractivity contribution in [1.82, 2.24) is 10.6 Å². The number of fused-ring (bicyclic) bond motifs is 3. The lowest BCUT2D eigenvalue weighted by atomic mass is 9.59. The van der Waals surface area contributed by atoms with Gasteiger partial charge in [-0.3, -0.25) is 18.9 Å². The smallest absolute Gasteiger partial charge is 0.469 e. The molecule has 1 atom stereocenters. The molecule has 0 aliphatic heterocycles. The van der Waals surface area contributed by atoms with Crippen LogP contribution in [0.25, 0.3) is 0 Å². The number of amides is 2. The van der Waals surface area contributed by atoms with Crippen molar-refractivity contribution in [3.05, 3.63) is 58.1 Å². The Morgan fingerprint density at radius 3 is 1.93 bits per heavy atom. The van der Waals surface area contributed by atoms with Crippen molar-refractivity contribution in [2.75, 3.05) is 19.8 Å². The molecule has 12 nitrogen and oxygen atoms in total. The summed E-state index contributed by atoms with van der Waals surface area (Å²) in [5, 5.41) is 5.67. The molecule has 0 radical (unpaired) electrons. The van der Waals surface area contributed by atoms with Gasteiger partial charge in [0.15, 0.2) is 13.2 Å². The lowest BCUT2D eigenvalue weighted by molar-refractivity contribution is -0.167. The minimum atomic E-state index is -4.70. The molecule has 5 rings (SSSR count). The van der Waals surface area contributed by atoms with Gasteiger partial charge in [-0.15, -0.1) is 0 Å². The van der Waals surface area contributed by atoms with E-state index in [-0.39, 0.29) is 47.4 Å². The first-order chi connectivity index (χ1) is 21.2. The molecule has 0 aromatic heterocycles. The lowest BCUT2D eigenvalue weighted by Crippen LogP contribution is -2.71. The van der Waals surface area contributed by atoms with Crippen molar-refractivity contribution in [3.63, 3.8) is 0 Å². The molecule has 17 heteroatoms. The van der Waals surface area contributed by atoms with Crippen molar-refractivity contribution >= 4 is 48.8 Å². The predicted octanol–water partition coefficient (Wildman–Crippen LogP) is 4.22. The SMILES string of the molecule is O=C(COc1ccc(Cl)c(F)c1)NC12CCC(NC(=O)COc3ccc(Cl)c(F)c3)(CC1)C(OC(=O)CCCOP(=O)(O)O)C2. The van der Waals surface area contributed by atoms with Crippen LogP contribution >= 0.6 is 31.0 Å². The molecule has 45 heavy (non-hydrogen) atoms. The third kappa shape index (κ3) is 9.74. The first-order valence-corrected chi connectivity index (χ1v) is 16.1. The van der Waals surface area contributed by atoms with E-state index in [1.165, 1.54) is 24.3 Å². The minimum absolute atomic E-state index is 0.0357. The average Bonchev–Trinajstić information content (AvgIpc) is 2.97. The largest absolute Gasteiger partial charge is 0.484 e. The number of esters is 1. The van der Waals surface area contributed by atoms with E-state index in [9.17, 15) is 27.7 Å². The van der Waals surface area contributed by atoms with E-state index in [1.54, 1.807) is 0 Å². The van der Waals surface area contributed by atoms with Crippen LogP contribution in [0.1, 0.15) is 44.9 Å². The lowest BCUT2D eigenvalue weighted by Gasteiger charge is -2.57. The monoisotopic (exact) mass is 694 g/mol. The van der Waals surface area contributed by atoms with Crippen LogP contribution in [0.2, 0.25) is 10.0 Å². The van der Waals surface area contributed by atoms with Gasteiger partial charge in [0.1, 0.15) is 29.2 Å². The summed E-state index contributed by atoms with van der Waals surface area (Å²) in [4.78, 5) is 56.2. The second kappa shape index (κ2) is 14.6. The molecular formula is C28H31Cl2F2N2O10P. The zero-order chi connectivity index (χ0) is 32.8. The standard InChI is InChI=1S/C28H31Cl2F2N2O10P/c29-19-5-3-17(12-21(19)31)41-15-24(35)33-27-7-9-28(10-8-27,23(14-27)44-26(37)2-1-11-43-45(38,39)40)34-25(36)16-42-18-4-6-20(30)22(32)13-18/h3-6,12-13,23H,1-2,7-11,14-16H2,(H,33,35)(H,34,36)(H2,38,39,40). The average molecular weight is 695 g/mol. The molecule has 0 saturated heterocycles. The molecule has 4 N–H and O–H groups in total. The summed E-state index contributed by atoms with van der Waals surface area (Å²) in [5.74, 6) is -2.96. The first-order valence-electron chi connectivity index (χ1n) is 13.8. The summed E-state index contributed by atoms with van der Waals surface area (Å²) in [6, 6.07) is 7.51. The van der Waals surface area contributed by atoms with Crippen molar-refractivity contribution in [3.8, 4) is 11.5 Å². The zero-order valence-corrected chi connectivity index (χ0v) is 26.1. The van der Waals surface area contributed by atoms with E-state index in [2.05, 4.69) is 15.2 Å². The highest BCUT2D eigenvalue weighted by molar-refractivity contribution is 7.46. The van der Waals surface area contributed by atoms with Crippen LogP contribution in [0, 0.1) is 11.6 Å². The number of hydrogen-bond acceptors (Lipinski definition) is 8. The minimum Gasteiger partial charge on any atom is -0.484 e. The summed E-state index contributed by atoms with van der Waals surface area (Å²) in [5.41, 5.74) is -1.81. The van der Waals surface area contributed by atoms with E-state index in [0.717, 1.165) is 12.1 Å². The topological polar surface area (TPSA) is 170 Å². The molecule has 0 spiro atoms. The maximum Gasteiger partial charge on any atom is 0.469 e. The number of halogens is 4. The molecule has 3 fully saturated rings. The Morgan fingerprint density at radius 2 is 1.42 bits per heavy atom. The van der Waals surface area contributed by atoms with Crippen molar-refractivity contribution < 1.29 is 56.3 Å². The Balaban J connectivity index is 1.40. The van der Waals surface area contributed by atoms with Gasteiger partial charge in [0.05, 0.1) is 22.2 Å². The Kier molecular flexibility index (Phi) is 11.3. The van der Waals surface area contributed by atoms with E-state index in [1.807, 2.05) is 0 Å². The Bertz CT molecular complexity index is 1470. The Morgan fingerprint density at radius 1 is 0.889 bits per heavy atom. The number of phosphoric acid groups is 1. The van der Waals surface area contributed by atoms with Gasteiger partial charge in [-0.2, -0.15) is 0 Å². The van der Waals surface area contributed by atoms with Crippen LogP contribution in [0.3, 0.4) is 0 Å². The van der Waals surface area contributed by atoms with Crippen LogP contribution in [0.4, 0.5) is 8.78 Å². The van der Waals surface area contributed by atoms with Gasteiger partial charge in [0.2, 0.25) is 0 Å². The number of phosphoric ester groups is 1. The molecule has 3 aliphatic rings. The van der Waals surface area contributed by atoms with E-state index in [4.69, 9.17) is 47.2 Å². The Hall–Kier alpha value is -3.00. The van der Waals surface area contributed by atoms with E-state index < -0.39 is 67.6 Å².